The first-order chi connectivity index (χ1) is 12.0. The fourth-order valence-electron chi connectivity index (χ4n) is 2.54. The van der Waals surface area contributed by atoms with Gasteiger partial charge in [-0.15, -0.1) is 0 Å². The number of rotatable bonds is 4. The van der Waals surface area contributed by atoms with Gasteiger partial charge >= 0.3 is 0 Å². The van der Waals surface area contributed by atoms with Crippen molar-refractivity contribution in [2.75, 3.05) is 11.6 Å². The van der Waals surface area contributed by atoms with Crippen molar-refractivity contribution in [3.05, 3.63) is 60.7 Å². The van der Waals surface area contributed by atoms with Crippen molar-refractivity contribution in [2.45, 2.75) is 13.8 Å². The Labute approximate surface area is 174 Å². The Morgan fingerprint density at radius 2 is 1.80 bits per heavy atom. The van der Waals surface area contributed by atoms with Crippen LogP contribution in [0.2, 0.25) is 0 Å². The van der Waals surface area contributed by atoms with E-state index in [1.54, 1.807) is 0 Å². The molecule has 0 aliphatic carbocycles. The van der Waals surface area contributed by atoms with Crippen LogP contribution in [-0.2, 0) is 4.79 Å². The molecule has 3 rings (SSSR count). The minimum Gasteiger partial charge on any atom is -0.492 e. The zero-order chi connectivity index (χ0) is 18.0. The number of halogens is 2. The molecule has 0 atom stereocenters. The summed E-state index contributed by atoms with van der Waals surface area (Å²) in [6.07, 6.45) is 1.89. The van der Waals surface area contributed by atoms with Crippen molar-refractivity contribution in [1.82, 2.24) is 0 Å². The molecule has 0 saturated heterocycles. The summed E-state index contributed by atoms with van der Waals surface area (Å²) >= 11 is 4.52. The Kier molecular flexibility index (Phi) is 5.78. The second-order valence-electron chi connectivity index (χ2n) is 5.44. The molecule has 128 valence electrons. The Morgan fingerprint density at radius 1 is 1.16 bits per heavy atom. The number of para-hydroxylation sites is 1. The van der Waals surface area contributed by atoms with Crippen molar-refractivity contribution >= 4 is 68.6 Å². The van der Waals surface area contributed by atoms with Crippen molar-refractivity contribution in [3.8, 4) is 5.75 Å². The highest BCUT2D eigenvalue weighted by molar-refractivity contribution is 14.1. The molecule has 6 heteroatoms. The van der Waals surface area contributed by atoms with Crippen LogP contribution in [0.1, 0.15) is 19.4 Å². The van der Waals surface area contributed by atoms with E-state index in [9.17, 15) is 4.79 Å². The van der Waals surface area contributed by atoms with Crippen LogP contribution < -0.4 is 9.75 Å². The highest BCUT2D eigenvalue weighted by atomic mass is 127. The largest absolute Gasteiger partial charge is 0.492 e. The molecular weight excluding hydrogens is 542 g/mol. The first-order valence-corrected chi connectivity index (χ1v) is 9.95. The van der Waals surface area contributed by atoms with Crippen molar-refractivity contribution in [1.29, 1.82) is 0 Å². The van der Waals surface area contributed by atoms with Gasteiger partial charge in [0.2, 0.25) is 0 Å². The summed E-state index contributed by atoms with van der Waals surface area (Å²) in [6, 6.07) is 13.5. The summed E-state index contributed by atoms with van der Waals surface area (Å²) in [7, 11) is 0. The molecule has 0 spiro atoms. The number of benzene rings is 2. The number of carbonyl (C=O) groups excluding carboxylic acids is 1. The highest BCUT2D eigenvalue weighted by Crippen LogP contribution is 2.31. The third-order valence-electron chi connectivity index (χ3n) is 3.68. The maximum absolute atomic E-state index is 12.8. The molecule has 0 unspecified atom stereocenters. The van der Waals surface area contributed by atoms with Crippen molar-refractivity contribution in [3.63, 3.8) is 0 Å². The summed E-state index contributed by atoms with van der Waals surface area (Å²) in [5, 5.41) is 5.86. The number of anilines is 1. The van der Waals surface area contributed by atoms with Crippen molar-refractivity contribution < 1.29 is 9.53 Å². The van der Waals surface area contributed by atoms with Crippen LogP contribution in [0.25, 0.3) is 6.08 Å². The minimum atomic E-state index is -0.109. The van der Waals surface area contributed by atoms with Crippen LogP contribution in [-0.4, -0.2) is 18.2 Å². The first-order valence-electron chi connectivity index (χ1n) is 7.80. The number of hydrogen-bond acceptors (Lipinski definition) is 3. The molecule has 1 amide bonds. The molecule has 0 radical (unpaired) electrons. The molecule has 1 aliphatic heterocycles. The second-order valence-corrected chi connectivity index (χ2v) is 7.77. The van der Waals surface area contributed by atoms with Crippen molar-refractivity contribution in [2.24, 2.45) is 5.10 Å². The van der Waals surface area contributed by atoms with E-state index in [2.05, 4.69) is 50.3 Å². The van der Waals surface area contributed by atoms with E-state index in [1.165, 1.54) is 5.01 Å². The van der Waals surface area contributed by atoms with Gasteiger partial charge < -0.3 is 4.74 Å². The predicted molar refractivity (Wildman–Crippen MR) is 118 cm³/mol. The van der Waals surface area contributed by atoms with E-state index in [1.807, 2.05) is 62.4 Å². The van der Waals surface area contributed by atoms with E-state index in [0.29, 0.717) is 17.9 Å². The van der Waals surface area contributed by atoms with Gasteiger partial charge in [-0.3, -0.25) is 4.79 Å². The van der Waals surface area contributed by atoms with Gasteiger partial charge in [0.15, 0.2) is 0 Å². The van der Waals surface area contributed by atoms with Gasteiger partial charge in [0.05, 0.1) is 30.7 Å². The Hall–Kier alpha value is -1.42. The van der Waals surface area contributed by atoms with Crippen LogP contribution in [0, 0.1) is 7.14 Å². The summed E-state index contributed by atoms with van der Waals surface area (Å²) in [6.45, 7) is 4.46. The van der Waals surface area contributed by atoms with Gasteiger partial charge in [-0.25, -0.2) is 0 Å². The second kappa shape index (κ2) is 7.86. The number of amides is 1. The standard InChI is InChI=1S/C19H16I2N2O2/c1-3-25-18-16(20)10-13(11-17(18)21)9-15-12(2)22-23(19(15)24)14-7-5-4-6-8-14/h4-11H,3H2,1-2H3/b15-9+. The summed E-state index contributed by atoms with van der Waals surface area (Å²) < 4.78 is 7.73. The fourth-order valence-corrected chi connectivity index (χ4v) is 4.67. The molecule has 2 aromatic rings. The average molecular weight is 558 g/mol. The predicted octanol–water partition coefficient (Wildman–Crippen LogP) is 5.10. The molecule has 25 heavy (non-hydrogen) atoms. The van der Waals surface area contributed by atoms with E-state index in [0.717, 1.165) is 24.1 Å². The normalized spacial score (nSPS) is 15.7. The molecule has 0 fully saturated rings. The monoisotopic (exact) mass is 558 g/mol. The maximum Gasteiger partial charge on any atom is 0.280 e. The van der Waals surface area contributed by atoms with Gasteiger partial charge in [-0.05, 0) is 94.9 Å². The molecule has 0 aromatic heterocycles. The SMILES string of the molecule is CCOc1c(I)cc(/C=C2/C(=O)N(c3ccccc3)N=C2C)cc1I. The van der Waals surface area contributed by atoms with Crippen LogP contribution >= 0.6 is 45.2 Å². The zero-order valence-electron chi connectivity index (χ0n) is 13.8. The third-order valence-corrected chi connectivity index (χ3v) is 5.29. The van der Waals surface area contributed by atoms with Gasteiger partial charge in [-0.2, -0.15) is 10.1 Å². The maximum atomic E-state index is 12.8. The van der Waals surface area contributed by atoms with Gasteiger partial charge in [0.25, 0.3) is 5.91 Å². The van der Waals surface area contributed by atoms with E-state index in [-0.39, 0.29) is 5.91 Å². The Balaban J connectivity index is 1.95. The molecule has 1 aliphatic rings. The molecule has 2 aromatic carbocycles. The molecule has 1 heterocycles. The summed E-state index contributed by atoms with van der Waals surface area (Å²) in [4.78, 5) is 12.8. The highest BCUT2D eigenvalue weighted by Gasteiger charge is 2.28. The number of hydrazone groups is 1. The molecule has 0 bridgehead atoms. The Bertz CT molecular complexity index is 853. The van der Waals surface area contributed by atoms with E-state index in [4.69, 9.17) is 4.74 Å². The van der Waals surface area contributed by atoms with Crippen LogP contribution in [0.4, 0.5) is 5.69 Å². The van der Waals surface area contributed by atoms with Crippen LogP contribution in [0.15, 0.2) is 53.1 Å². The quantitative estimate of drug-likeness (QED) is 0.388. The summed E-state index contributed by atoms with van der Waals surface area (Å²) in [5.74, 6) is 0.780. The Morgan fingerprint density at radius 3 is 2.40 bits per heavy atom. The third kappa shape index (κ3) is 3.89. The first kappa shape index (κ1) is 18.4. The smallest absolute Gasteiger partial charge is 0.280 e. The topological polar surface area (TPSA) is 41.9 Å². The lowest BCUT2D eigenvalue weighted by Gasteiger charge is -2.11. The molecular formula is C19H16I2N2O2. The van der Waals surface area contributed by atoms with E-state index < -0.39 is 0 Å². The lowest BCUT2D eigenvalue weighted by Crippen LogP contribution is -2.21. The number of ether oxygens (including phenoxy) is 1. The summed E-state index contributed by atoms with van der Waals surface area (Å²) in [5.41, 5.74) is 3.06. The van der Waals surface area contributed by atoms with Crippen LogP contribution in [0.5, 0.6) is 5.75 Å². The van der Waals surface area contributed by atoms with E-state index >= 15 is 0 Å². The fraction of sp³-hybridized carbons (Fsp3) is 0.158. The number of carbonyl (C=O) groups is 1. The average Bonchev–Trinajstić information content (AvgIpc) is 2.87. The van der Waals surface area contributed by atoms with Crippen LogP contribution in [0.3, 0.4) is 0 Å². The molecule has 0 N–H and O–H groups in total. The minimum absolute atomic E-state index is 0.109. The molecule has 0 saturated carbocycles. The lowest BCUT2D eigenvalue weighted by molar-refractivity contribution is -0.114. The van der Waals surface area contributed by atoms with Gasteiger partial charge in [-0.1, -0.05) is 18.2 Å². The zero-order valence-corrected chi connectivity index (χ0v) is 18.1. The number of hydrogen-bond donors (Lipinski definition) is 0. The number of nitrogens with zero attached hydrogens (tertiary/aromatic N) is 2. The van der Waals surface area contributed by atoms with Gasteiger partial charge in [0.1, 0.15) is 5.75 Å². The lowest BCUT2D eigenvalue weighted by atomic mass is 10.1. The van der Waals surface area contributed by atoms with Gasteiger partial charge in [0, 0.05) is 0 Å². The molecule has 4 nitrogen and oxygen atoms in total.